The predicted octanol–water partition coefficient (Wildman–Crippen LogP) is 0.483. The van der Waals surface area contributed by atoms with E-state index in [0.717, 1.165) is 4.90 Å². The maximum Gasteiger partial charge on any atom is 1.00 e. The molecule has 43 heavy (non-hydrogen) atoms. The molecule has 214 valence electrons. The van der Waals surface area contributed by atoms with Gasteiger partial charge in [-0.25, -0.2) is 9.59 Å². The summed E-state index contributed by atoms with van der Waals surface area (Å²) < 4.78 is 5.90. The van der Waals surface area contributed by atoms with E-state index in [4.69, 9.17) is 4.74 Å². The molecule has 0 aliphatic carbocycles. The van der Waals surface area contributed by atoms with E-state index < -0.39 is 41.8 Å². The first kappa shape index (κ1) is 31.6. The van der Waals surface area contributed by atoms with Crippen molar-refractivity contribution in [3.63, 3.8) is 0 Å². The van der Waals surface area contributed by atoms with Gasteiger partial charge >= 0.3 is 30.9 Å². The van der Waals surface area contributed by atoms with Gasteiger partial charge < -0.3 is 29.5 Å². The quantitative estimate of drug-likeness (QED) is 0.220. The van der Waals surface area contributed by atoms with Crippen molar-refractivity contribution in [3.8, 4) is 0 Å². The molecule has 4 aromatic rings. The van der Waals surface area contributed by atoms with Crippen molar-refractivity contribution < 1.29 is 48.2 Å². The van der Waals surface area contributed by atoms with E-state index in [1.165, 1.54) is 4.90 Å². The van der Waals surface area contributed by atoms with Crippen molar-refractivity contribution in [2.45, 2.75) is 43.8 Å². The van der Waals surface area contributed by atoms with Gasteiger partial charge in [0.05, 0.1) is 5.97 Å². The Balaban J connectivity index is 0.00000423. The molecule has 1 aliphatic heterocycles. The number of esters is 1. The average molecular weight is 571 g/mol. The Hall–Kier alpha value is -4.35. The van der Waals surface area contributed by atoms with Crippen LogP contribution in [-0.2, 0) is 33.0 Å². The van der Waals surface area contributed by atoms with Gasteiger partial charge in [0.25, 0.3) is 0 Å². The van der Waals surface area contributed by atoms with E-state index in [0.29, 0.717) is 22.3 Å². The molecule has 1 heterocycles. The van der Waals surface area contributed by atoms with Gasteiger partial charge in [-0.1, -0.05) is 121 Å². The topological polar surface area (TPSA) is 110 Å². The molecule has 2 amide bonds. The van der Waals surface area contributed by atoms with Gasteiger partial charge in [-0.15, -0.1) is 0 Å². The van der Waals surface area contributed by atoms with Crippen LogP contribution in [0.15, 0.2) is 121 Å². The second kappa shape index (κ2) is 13.7. The van der Waals surface area contributed by atoms with Crippen molar-refractivity contribution >= 4 is 18.0 Å². The first-order chi connectivity index (χ1) is 20.3. The Morgan fingerprint density at radius 2 is 1.12 bits per heavy atom. The van der Waals surface area contributed by atoms with Crippen LogP contribution in [0.4, 0.5) is 4.79 Å². The number of ether oxygens (including phenoxy) is 1. The van der Waals surface area contributed by atoms with Gasteiger partial charge in [-0.05, 0) is 29.2 Å². The molecule has 0 bridgehead atoms. The van der Waals surface area contributed by atoms with E-state index in [9.17, 15) is 24.6 Å². The number of aliphatic carboxylic acids is 1. The summed E-state index contributed by atoms with van der Waals surface area (Å²) in [6.45, 7) is 1.48. The van der Waals surface area contributed by atoms with Gasteiger partial charge in [0, 0.05) is 13.1 Å². The fourth-order valence-electron chi connectivity index (χ4n) is 5.50. The molecule has 1 N–H and O–H groups in total. The number of carboxylic acids is 1. The molecular formula is C34H31LiN2O6. The minimum atomic E-state index is -1.76. The van der Waals surface area contributed by atoms with Crippen LogP contribution < -0.4 is 24.0 Å². The third-order valence-electron chi connectivity index (χ3n) is 7.65. The number of aliphatic hydroxyl groups is 1. The van der Waals surface area contributed by atoms with Crippen molar-refractivity contribution in [3.05, 3.63) is 144 Å². The summed E-state index contributed by atoms with van der Waals surface area (Å²) in [4.78, 5) is 42.7. The number of rotatable bonds is 10. The molecule has 0 spiro atoms. The Morgan fingerprint density at radius 1 is 0.744 bits per heavy atom. The number of carbonyl (C=O) groups is 3. The van der Waals surface area contributed by atoms with Gasteiger partial charge in [-0.2, -0.15) is 0 Å². The van der Waals surface area contributed by atoms with Crippen LogP contribution in [0.3, 0.4) is 0 Å². The van der Waals surface area contributed by atoms with Crippen molar-refractivity contribution in [2.24, 2.45) is 0 Å². The molecule has 0 unspecified atom stereocenters. The van der Waals surface area contributed by atoms with Crippen LogP contribution >= 0.6 is 0 Å². The maximum absolute atomic E-state index is 14.0. The number of hydrogen-bond donors (Lipinski definition) is 1. The van der Waals surface area contributed by atoms with E-state index in [-0.39, 0.29) is 32.0 Å². The van der Waals surface area contributed by atoms with Crippen molar-refractivity contribution in [2.75, 3.05) is 0 Å². The van der Waals surface area contributed by atoms with Gasteiger partial charge in [0.2, 0.25) is 0 Å². The predicted molar refractivity (Wildman–Crippen MR) is 153 cm³/mol. The van der Waals surface area contributed by atoms with Crippen LogP contribution in [0, 0.1) is 0 Å². The number of nitrogens with zero attached hydrogens (tertiary/aromatic N) is 2. The molecule has 0 saturated carbocycles. The fourth-order valence-corrected chi connectivity index (χ4v) is 5.50. The van der Waals surface area contributed by atoms with Crippen LogP contribution in [-0.4, -0.2) is 51.1 Å². The second-order valence-electron chi connectivity index (χ2n) is 10.3. The van der Waals surface area contributed by atoms with Gasteiger partial charge in [-0.3, -0.25) is 0 Å². The second-order valence-corrected chi connectivity index (χ2v) is 10.3. The van der Waals surface area contributed by atoms with Gasteiger partial charge in [0.1, 0.15) is 12.1 Å². The number of benzene rings is 4. The molecule has 9 heteroatoms. The Morgan fingerprint density at radius 3 is 1.51 bits per heavy atom. The molecule has 4 aromatic carbocycles. The number of carboxylic acid groups (broad SMARTS) is 1. The summed E-state index contributed by atoms with van der Waals surface area (Å²) in [5.41, 5.74) is 0.623. The normalized spacial score (nSPS) is 17.2. The number of urea groups is 1. The molecule has 5 rings (SSSR count). The van der Waals surface area contributed by atoms with Crippen LogP contribution in [0.1, 0.15) is 29.2 Å². The largest absolute Gasteiger partial charge is 1.00 e. The summed E-state index contributed by atoms with van der Waals surface area (Å²) in [7, 11) is 0. The number of hydrogen-bond acceptors (Lipinski definition) is 6. The molecule has 1 aliphatic rings. The maximum atomic E-state index is 14.0. The molecule has 0 aromatic heterocycles. The van der Waals surface area contributed by atoms with E-state index in [1.54, 1.807) is 104 Å². The number of carbonyl (C=O) groups excluding carboxylic acids is 3. The standard InChI is InChI=1S/C34H32N2O6.Li/c1-24(34(41,27-18-10-4-11-19-27)28-20-12-5-13-21-28)42-32(39)30-29(31(37)38)35(22-25-14-6-2-7-15-25)33(40)36(30)23-26-16-8-3-9-17-26;/h2-21,24,29-30,41H,22-23H2,1H3,(H,37,38);/q;+1/p-1/t24-,29-,30+;/m0./s1. The minimum Gasteiger partial charge on any atom is -0.548 e. The average Bonchev–Trinajstić information content (AvgIpc) is 3.29. The van der Waals surface area contributed by atoms with Gasteiger partial charge in [0.15, 0.2) is 11.6 Å². The van der Waals surface area contributed by atoms with Crippen LogP contribution in [0.5, 0.6) is 0 Å². The van der Waals surface area contributed by atoms with E-state index >= 15 is 0 Å². The summed E-state index contributed by atoms with van der Waals surface area (Å²) >= 11 is 0. The summed E-state index contributed by atoms with van der Waals surface area (Å²) in [6, 6.07) is 31.7. The zero-order chi connectivity index (χ0) is 29.7. The molecule has 8 nitrogen and oxygen atoms in total. The third-order valence-corrected chi connectivity index (χ3v) is 7.65. The molecular weight excluding hydrogens is 539 g/mol. The summed E-state index contributed by atoms with van der Waals surface area (Å²) in [6.07, 6.45) is -1.16. The van der Waals surface area contributed by atoms with E-state index in [1.807, 2.05) is 24.3 Å². The Kier molecular flexibility index (Phi) is 10.1. The van der Waals surface area contributed by atoms with E-state index in [2.05, 4.69) is 0 Å². The fraction of sp³-hybridized carbons (Fsp3) is 0.206. The SMILES string of the molecule is C[C@H](OC(=O)[C@H]1[C@@H](C(=O)[O-])N(Cc2ccccc2)C(=O)N1Cc1ccccc1)C(O)(c1ccccc1)c1ccccc1.[Li+]. The van der Waals surface area contributed by atoms with Crippen LogP contribution in [0.25, 0.3) is 0 Å². The summed E-state index contributed by atoms with van der Waals surface area (Å²) in [5.74, 6) is -2.53. The summed E-state index contributed by atoms with van der Waals surface area (Å²) in [5, 5.41) is 24.7. The van der Waals surface area contributed by atoms with Crippen molar-refractivity contribution in [1.29, 1.82) is 0 Å². The monoisotopic (exact) mass is 570 g/mol. The first-order valence-electron chi connectivity index (χ1n) is 13.7. The molecule has 1 fully saturated rings. The van der Waals surface area contributed by atoms with Crippen LogP contribution in [0.2, 0.25) is 0 Å². The Bertz CT molecular complexity index is 1480. The molecule has 1 saturated heterocycles. The zero-order valence-corrected chi connectivity index (χ0v) is 24.1. The number of amides is 2. The smallest absolute Gasteiger partial charge is 0.548 e. The zero-order valence-electron chi connectivity index (χ0n) is 24.1. The minimum absolute atomic E-state index is 0. The third kappa shape index (κ3) is 6.52. The Labute approximate surface area is 262 Å². The van der Waals surface area contributed by atoms with Crippen molar-refractivity contribution in [1.82, 2.24) is 9.80 Å². The molecule has 0 radical (unpaired) electrons. The first-order valence-corrected chi connectivity index (χ1v) is 13.7. The molecule has 3 atom stereocenters.